The van der Waals surface area contributed by atoms with Crippen LogP contribution in [0.1, 0.15) is 55.3 Å². The standard InChI is InChI=1S/C25H31N5O3/c26-22(32)18-4-2-17(3-5-18)19-14-27-24(28-15-19)29-12-1-10-25(16-29)11-13-30(23(25)33)20-6-8-21(31)9-7-20/h2-5,14-15,20-21,31H,1,6-13,16H2,(H2,26,32)/t20-,21-,25-/m0/s1. The lowest BCUT2D eigenvalue weighted by molar-refractivity contribution is -0.139. The summed E-state index contributed by atoms with van der Waals surface area (Å²) in [7, 11) is 0. The highest BCUT2D eigenvalue weighted by molar-refractivity contribution is 5.93. The van der Waals surface area contributed by atoms with Crippen molar-refractivity contribution in [3.63, 3.8) is 0 Å². The van der Waals surface area contributed by atoms with Gasteiger partial charge in [0.25, 0.3) is 0 Å². The molecule has 3 heterocycles. The predicted octanol–water partition coefficient (Wildman–Crippen LogP) is 2.36. The normalized spacial score (nSPS) is 27.8. The van der Waals surface area contributed by atoms with Crippen LogP contribution in [-0.2, 0) is 4.79 Å². The van der Waals surface area contributed by atoms with Gasteiger partial charge in [-0.1, -0.05) is 12.1 Å². The summed E-state index contributed by atoms with van der Waals surface area (Å²) >= 11 is 0. The number of aliphatic hydroxyl groups excluding tert-OH is 1. The molecule has 0 bridgehead atoms. The molecule has 1 saturated carbocycles. The number of piperidine rings is 1. The maximum Gasteiger partial charge on any atom is 0.248 e. The smallest absolute Gasteiger partial charge is 0.248 e. The first-order chi connectivity index (χ1) is 15.9. The summed E-state index contributed by atoms with van der Waals surface area (Å²) in [6.45, 7) is 2.32. The molecule has 33 heavy (non-hydrogen) atoms. The summed E-state index contributed by atoms with van der Waals surface area (Å²) in [5.41, 5.74) is 7.22. The second-order valence-electron chi connectivity index (χ2n) is 9.73. The monoisotopic (exact) mass is 449 g/mol. The van der Waals surface area contributed by atoms with Crippen LogP contribution in [0.5, 0.6) is 0 Å². The molecule has 1 atom stereocenters. The number of rotatable bonds is 4. The number of aliphatic hydroxyl groups is 1. The van der Waals surface area contributed by atoms with Crippen molar-refractivity contribution < 1.29 is 14.7 Å². The van der Waals surface area contributed by atoms with E-state index in [1.807, 2.05) is 12.1 Å². The molecule has 174 valence electrons. The van der Waals surface area contributed by atoms with Crippen LogP contribution >= 0.6 is 0 Å². The van der Waals surface area contributed by atoms with Gasteiger partial charge in [0.1, 0.15) is 0 Å². The summed E-state index contributed by atoms with van der Waals surface area (Å²) in [4.78, 5) is 38.2. The second-order valence-corrected chi connectivity index (χ2v) is 9.73. The molecular formula is C25H31N5O3. The van der Waals surface area contributed by atoms with E-state index >= 15 is 0 Å². The van der Waals surface area contributed by atoms with Crippen molar-refractivity contribution in [2.75, 3.05) is 24.5 Å². The number of nitrogens with two attached hydrogens (primary N) is 1. The van der Waals surface area contributed by atoms with Crippen LogP contribution in [-0.4, -0.2) is 63.6 Å². The minimum atomic E-state index is -0.451. The molecule has 1 spiro atoms. The molecule has 2 amide bonds. The van der Waals surface area contributed by atoms with Gasteiger partial charge in [-0.05, 0) is 62.6 Å². The highest BCUT2D eigenvalue weighted by atomic mass is 16.3. The molecule has 3 fully saturated rings. The summed E-state index contributed by atoms with van der Waals surface area (Å²) in [6, 6.07) is 7.34. The van der Waals surface area contributed by atoms with Gasteiger partial charge in [0, 0.05) is 49.2 Å². The van der Waals surface area contributed by atoms with Crippen LogP contribution in [0.2, 0.25) is 0 Å². The Morgan fingerprint density at radius 3 is 2.36 bits per heavy atom. The first-order valence-corrected chi connectivity index (χ1v) is 11.9. The van der Waals surface area contributed by atoms with E-state index in [-0.39, 0.29) is 23.5 Å². The zero-order valence-electron chi connectivity index (χ0n) is 18.8. The maximum atomic E-state index is 13.5. The molecule has 3 aliphatic rings. The molecule has 8 nitrogen and oxygen atoms in total. The molecule has 5 rings (SSSR count). The molecule has 2 aromatic rings. The molecular weight excluding hydrogens is 418 g/mol. The van der Waals surface area contributed by atoms with E-state index in [1.54, 1.807) is 24.5 Å². The fourth-order valence-corrected chi connectivity index (χ4v) is 5.71. The number of nitrogens with zero attached hydrogens (tertiary/aromatic N) is 4. The zero-order chi connectivity index (χ0) is 23.0. The van der Waals surface area contributed by atoms with E-state index in [0.717, 1.165) is 69.2 Å². The summed E-state index contributed by atoms with van der Waals surface area (Å²) in [5, 5.41) is 9.82. The van der Waals surface area contributed by atoms with Crippen molar-refractivity contribution in [1.29, 1.82) is 0 Å². The molecule has 2 saturated heterocycles. The third-order valence-corrected chi connectivity index (χ3v) is 7.65. The van der Waals surface area contributed by atoms with Crippen LogP contribution in [0.25, 0.3) is 11.1 Å². The minimum Gasteiger partial charge on any atom is -0.393 e. The van der Waals surface area contributed by atoms with Crippen molar-refractivity contribution in [3.8, 4) is 11.1 Å². The Balaban J connectivity index is 1.28. The third-order valence-electron chi connectivity index (χ3n) is 7.65. The van der Waals surface area contributed by atoms with Gasteiger partial charge < -0.3 is 20.6 Å². The van der Waals surface area contributed by atoms with Gasteiger partial charge >= 0.3 is 0 Å². The lowest BCUT2D eigenvalue weighted by Gasteiger charge is -2.40. The van der Waals surface area contributed by atoms with E-state index in [0.29, 0.717) is 18.1 Å². The number of aromatic nitrogens is 2. The molecule has 0 radical (unpaired) electrons. The van der Waals surface area contributed by atoms with Gasteiger partial charge in [0.05, 0.1) is 11.5 Å². The van der Waals surface area contributed by atoms with E-state index in [2.05, 4.69) is 19.8 Å². The molecule has 0 unspecified atom stereocenters. The van der Waals surface area contributed by atoms with E-state index in [4.69, 9.17) is 5.73 Å². The summed E-state index contributed by atoms with van der Waals surface area (Å²) in [6.07, 6.45) is 9.50. The van der Waals surface area contributed by atoms with Crippen LogP contribution in [0.3, 0.4) is 0 Å². The Kier molecular flexibility index (Phi) is 5.78. The highest BCUT2D eigenvalue weighted by Crippen LogP contribution is 2.43. The minimum absolute atomic E-state index is 0.209. The Hall–Kier alpha value is -3.00. The fraction of sp³-hybridized carbons (Fsp3) is 0.520. The van der Waals surface area contributed by atoms with Gasteiger partial charge in [-0.15, -0.1) is 0 Å². The Labute approximate surface area is 193 Å². The lowest BCUT2D eigenvalue weighted by Crippen LogP contribution is -2.50. The third kappa shape index (κ3) is 4.19. The molecule has 3 N–H and O–H groups in total. The zero-order valence-corrected chi connectivity index (χ0v) is 18.8. The van der Waals surface area contributed by atoms with Crippen LogP contribution in [0.4, 0.5) is 5.95 Å². The van der Waals surface area contributed by atoms with Crippen LogP contribution in [0, 0.1) is 5.41 Å². The molecule has 2 aliphatic heterocycles. The number of likely N-dealkylation sites (tertiary alicyclic amines) is 1. The predicted molar refractivity (Wildman–Crippen MR) is 124 cm³/mol. The first kappa shape index (κ1) is 21.8. The van der Waals surface area contributed by atoms with Crippen molar-refractivity contribution in [2.45, 2.75) is 57.1 Å². The number of benzene rings is 1. The van der Waals surface area contributed by atoms with Gasteiger partial charge in [-0.3, -0.25) is 9.59 Å². The number of anilines is 1. The SMILES string of the molecule is NC(=O)c1ccc(-c2cnc(N3CCC[C@]4(CCN([C@H]5CC[C@H](O)CC5)C4=O)C3)nc2)cc1. The average Bonchev–Trinajstić information content (AvgIpc) is 3.15. The summed E-state index contributed by atoms with van der Waals surface area (Å²) < 4.78 is 0. The average molecular weight is 450 g/mol. The van der Waals surface area contributed by atoms with Crippen LogP contribution in [0.15, 0.2) is 36.7 Å². The fourth-order valence-electron chi connectivity index (χ4n) is 5.71. The van der Waals surface area contributed by atoms with Gasteiger partial charge in [-0.25, -0.2) is 9.97 Å². The van der Waals surface area contributed by atoms with Gasteiger partial charge in [-0.2, -0.15) is 0 Å². The quantitative estimate of drug-likeness (QED) is 0.741. The first-order valence-electron chi connectivity index (χ1n) is 11.9. The molecule has 1 aromatic heterocycles. The number of primary amides is 1. The van der Waals surface area contributed by atoms with Gasteiger partial charge in [0.15, 0.2) is 0 Å². The number of carbonyl (C=O) groups excluding carboxylic acids is 2. The molecule has 8 heteroatoms. The number of hydrogen-bond acceptors (Lipinski definition) is 6. The molecule has 1 aliphatic carbocycles. The lowest BCUT2D eigenvalue weighted by atomic mass is 9.78. The Bertz CT molecular complexity index is 1020. The number of carbonyl (C=O) groups is 2. The maximum absolute atomic E-state index is 13.5. The van der Waals surface area contributed by atoms with Crippen LogP contribution < -0.4 is 10.6 Å². The Morgan fingerprint density at radius 1 is 1.00 bits per heavy atom. The van der Waals surface area contributed by atoms with E-state index in [1.165, 1.54) is 0 Å². The van der Waals surface area contributed by atoms with Crippen molar-refractivity contribution >= 4 is 17.8 Å². The van der Waals surface area contributed by atoms with E-state index < -0.39 is 5.91 Å². The van der Waals surface area contributed by atoms with Crippen molar-refractivity contribution in [2.24, 2.45) is 11.1 Å². The topological polar surface area (TPSA) is 113 Å². The second kappa shape index (κ2) is 8.74. The van der Waals surface area contributed by atoms with Crippen molar-refractivity contribution in [3.05, 3.63) is 42.2 Å². The summed E-state index contributed by atoms with van der Waals surface area (Å²) in [5.74, 6) is 0.478. The van der Waals surface area contributed by atoms with E-state index in [9.17, 15) is 14.7 Å². The largest absolute Gasteiger partial charge is 0.393 e. The van der Waals surface area contributed by atoms with Crippen molar-refractivity contribution in [1.82, 2.24) is 14.9 Å². The number of hydrogen-bond donors (Lipinski definition) is 2. The Morgan fingerprint density at radius 2 is 1.70 bits per heavy atom. The van der Waals surface area contributed by atoms with Gasteiger partial charge in [0.2, 0.25) is 17.8 Å². The molecule has 1 aromatic carbocycles. The highest BCUT2D eigenvalue weighted by Gasteiger charge is 2.51. The number of amides is 2.